The molecule has 0 unspecified atom stereocenters. The zero-order valence-electron chi connectivity index (χ0n) is 13.2. The molecule has 3 rings (SSSR count). The fourth-order valence-electron chi connectivity index (χ4n) is 3.36. The zero-order chi connectivity index (χ0) is 16.4. The molecule has 2 saturated heterocycles. The van der Waals surface area contributed by atoms with Crippen LogP contribution in [0.1, 0.15) is 30.1 Å². The molecule has 0 aromatic carbocycles. The Kier molecular flexibility index (Phi) is 5.14. The first-order chi connectivity index (χ1) is 11.1. The third-order valence-electron chi connectivity index (χ3n) is 4.62. The minimum atomic E-state index is -0.733. The third kappa shape index (κ3) is 3.65. The van der Waals surface area contributed by atoms with Crippen molar-refractivity contribution in [3.05, 3.63) is 28.8 Å². The van der Waals surface area contributed by atoms with Gasteiger partial charge < -0.3 is 9.64 Å². The van der Waals surface area contributed by atoms with Crippen LogP contribution in [-0.2, 0) is 4.74 Å². The Bertz CT molecular complexity index is 578. The molecule has 2 aliphatic rings. The van der Waals surface area contributed by atoms with Crippen molar-refractivity contribution in [2.24, 2.45) is 0 Å². The molecule has 2 fully saturated rings. The molecule has 1 aromatic heterocycles. The average molecular weight is 342 g/mol. The van der Waals surface area contributed by atoms with E-state index in [2.05, 4.69) is 16.8 Å². The fourth-order valence-corrected chi connectivity index (χ4v) is 3.52. The first-order valence-electron chi connectivity index (χ1n) is 8.01. The number of hydrogen-bond acceptors (Lipinski definition) is 4. The molecule has 0 aliphatic carbocycles. The van der Waals surface area contributed by atoms with Gasteiger partial charge in [-0.1, -0.05) is 11.6 Å². The van der Waals surface area contributed by atoms with Crippen LogP contribution in [0.15, 0.2) is 12.3 Å². The molecule has 126 valence electrons. The van der Waals surface area contributed by atoms with Crippen molar-refractivity contribution in [3.8, 4) is 0 Å². The van der Waals surface area contributed by atoms with Crippen LogP contribution in [0, 0.1) is 5.82 Å². The minimum Gasteiger partial charge on any atom is -0.376 e. The number of aromatic nitrogens is 1. The fraction of sp³-hybridized carbons (Fsp3) is 0.625. The van der Waals surface area contributed by atoms with E-state index in [4.69, 9.17) is 16.3 Å². The largest absolute Gasteiger partial charge is 0.376 e. The number of ether oxygens (including phenoxy) is 1. The quantitative estimate of drug-likeness (QED) is 0.774. The number of amides is 1. The maximum Gasteiger partial charge on any atom is 0.257 e. The SMILES string of the molecule is C[C@H]1CN(C2CCN(C(=O)c3ccnc(Cl)c3F)CC2)CCO1. The number of pyridine rings is 1. The van der Waals surface area contributed by atoms with Gasteiger partial charge in [0.15, 0.2) is 11.0 Å². The van der Waals surface area contributed by atoms with Crippen LogP contribution in [-0.4, -0.2) is 65.6 Å². The van der Waals surface area contributed by atoms with Gasteiger partial charge >= 0.3 is 0 Å². The van der Waals surface area contributed by atoms with Crippen molar-refractivity contribution in [2.75, 3.05) is 32.8 Å². The molecular formula is C16H21ClFN3O2. The first kappa shape index (κ1) is 16.6. The van der Waals surface area contributed by atoms with Crippen molar-refractivity contribution in [1.29, 1.82) is 0 Å². The molecule has 1 atom stereocenters. The Balaban J connectivity index is 1.60. The van der Waals surface area contributed by atoms with Crippen molar-refractivity contribution >= 4 is 17.5 Å². The number of carbonyl (C=O) groups excluding carboxylic acids is 1. The second-order valence-electron chi connectivity index (χ2n) is 6.16. The summed E-state index contributed by atoms with van der Waals surface area (Å²) in [6, 6.07) is 1.86. The van der Waals surface area contributed by atoms with Crippen LogP contribution < -0.4 is 0 Å². The van der Waals surface area contributed by atoms with Crippen molar-refractivity contribution in [2.45, 2.75) is 31.9 Å². The molecule has 1 aromatic rings. The summed E-state index contributed by atoms with van der Waals surface area (Å²) in [7, 11) is 0. The second-order valence-corrected chi connectivity index (χ2v) is 6.52. The molecule has 7 heteroatoms. The number of likely N-dealkylation sites (tertiary alicyclic amines) is 1. The Morgan fingerprint density at radius 3 is 2.83 bits per heavy atom. The normalized spacial score (nSPS) is 24.0. The Morgan fingerprint density at radius 1 is 1.39 bits per heavy atom. The van der Waals surface area contributed by atoms with E-state index in [1.807, 2.05) is 0 Å². The van der Waals surface area contributed by atoms with E-state index in [0.29, 0.717) is 19.1 Å². The third-order valence-corrected chi connectivity index (χ3v) is 4.88. The molecule has 23 heavy (non-hydrogen) atoms. The molecule has 0 bridgehead atoms. The van der Waals surface area contributed by atoms with E-state index >= 15 is 0 Å². The lowest BCUT2D eigenvalue weighted by molar-refractivity contribution is -0.0423. The van der Waals surface area contributed by atoms with Gasteiger partial charge in [-0.15, -0.1) is 0 Å². The maximum atomic E-state index is 14.0. The number of piperidine rings is 1. The summed E-state index contributed by atoms with van der Waals surface area (Å²) in [5.74, 6) is -1.04. The first-order valence-corrected chi connectivity index (χ1v) is 8.39. The molecule has 3 heterocycles. The summed E-state index contributed by atoms with van der Waals surface area (Å²) >= 11 is 5.66. The molecule has 0 spiro atoms. The van der Waals surface area contributed by atoms with Crippen molar-refractivity contribution < 1.29 is 13.9 Å². The maximum absolute atomic E-state index is 14.0. The molecule has 0 saturated carbocycles. The van der Waals surface area contributed by atoms with Gasteiger partial charge in [0.2, 0.25) is 0 Å². The Morgan fingerprint density at radius 2 is 2.13 bits per heavy atom. The highest BCUT2D eigenvalue weighted by molar-refractivity contribution is 6.29. The highest BCUT2D eigenvalue weighted by Crippen LogP contribution is 2.22. The van der Waals surface area contributed by atoms with Crippen LogP contribution in [0.25, 0.3) is 0 Å². The second kappa shape index (κ2) is 7.11. The lowest BCUT2D eigenvalue weighted by Gasteiger charge is -2.41. The van der Waals surface area contributed by atoms with E-state index in [1.165, 1.54) is 12.3 Å². The van der Waals surface area contributed by atoms with Crippen LogP contribution >= 0.6 is 11.6 Å². The molecular weight excluding hydrogens is 321 g/mol. The molecule has 1 amide bonds. The van der Waals surface area contributed by atoms with E-state index in [1.54, 1.807) is 4.90 Å². The van der Waals surface area contributed by atoms with Gasteiger partial charge in [-0.05, 0) is 25.8 Å². The summed E-state index contributed by atoms with van der Waals surface area (Å²) < 4.78 is 19.5. The molecule has 2 aliphatic heterocycles. The number of hydrogen-bond donors (Lipinski definition) is 0. The topological polar surface area (TPSA) is 45.7 Å². The highest BCUT2D eigenvalue weighted by Gasteiger charge is 2.30. The van der Waals surface area contributed by atoms with Gasteiger partial charge in [0.25, 0.3) is 5.91 Å². The Labute approximate surface area is 140 Å². The lowest BCUT2D eigenvalue weighted by atomic mass is 10.0. The molecule has 5 nitrogen and oxygen atoms in total. The number of morpholine rings is 1. The van der Waals surface area contributed by atoms with E-state index < -0.39 is 5.82 Å². The zero-order valence-corrected chi connectivity index (χ0v) is 13.9. The standard InChI is InChI=1S/C16H21ClFN3O2/c1-11-10-21(8-9-23-11)12-3-6-20(7-4-12)16(22)13-2-5-19-15(17)14(13)18/h2,5,11-12H,3-4,6-10H2,1H3/t11-/m0/s1. The van der Waals surface area contributed by atoms with Crippen LogP contribution in [0.2, 0.25) is 5.15 Å². The van der Waals surface area contributed by atoms with E-state index in [9.17, 15) is 9.18 Å². The number of nitrogens with zero attached hydrogens (tertiary/aromatic N) is 3. The van der Waals surface area contributed by atoms with Gasteiger partial charge in [-0.3, -0.25) is 9.69 Å². The van der Waals surface area contributed by atoms with Gasteiger partial charge in [-0.2, -0.15) is 0 Å². The van der Waals surface area contributed by atoms with Crippen molar-refractivity contribution in [1.82, 2.24) is 14.8 Å². The molecule has 0 N–H and O–H groups in total. The lowest BCUT2D eigenvalue weighted by Crippen LogP contribution is -2.51. The number of rotatable bonds is 2. The van der Waals surface area contributed by atoms with Gasteiger partial charge in [-0.25, -0.2) is 9.37 Å². The van der Waals surface area contributed by atoms with E-state index in [0.717, 1.165) is 32.5 Å². The molecule has 0 radical (unpaired) electrons. The predicted molar refractivity (Wildman–Crippen MR) is 85.1 cm³/mol. The summed E-state index contributed by atoms with van der Waals surface area (Å²) in [6.07, 6.45) is 3.43. The number of halogens is 2. The van der Waals surface area contributed by atoms with Crippen LogP contribution in [0.4, 0.5) is 4.39 Å². The van der Waals surface area contributed by atoms with E-state index in [-0.39, 0.29) is 22.7 Å². The van der Waals surface area contributed by atoms with Gasteiger partial charge in [0.1, 0.15) is 0 Å². The van der Waals surface area contributed by atoms with Gasteiger partial charge in [0, 0.05) is 38.4 Å². The van der Waals surface area contributed by atoms with Crippen LogP contribution in [0.3, 0.4) is 0 Å². The average Bonchev–Trinajstić information content (AvgIpc) is 2.57. The Hall–Kier alpha value is -1.24. The smallest absolute Gasteiger partial charge is 0.257 e. The van der Waals surface area contributed by atoms with Crippen LogP contribution in [0.5, 0.6) is 0 Å². The minimum absolute atomic E-state index is 0.00319. The summed E-state index contributed by atoms with van der Waals surface area (Å²) in [5.41, 5.74) is 0.00319. The van der Waals surface area contributed by atoms with Crippen molar-refractivity contribution in [3.63, 3.8) is 0 Å². The summed E-state index contributed by atoms with van der Waals surface area (Å²) in [4.78, 5) is 20.3. The highest BCUT2D eigenvalue weighted by atomic mass is 35.5. The summed E-state index contributed by atoms with van der Waals surface area (Å²) in [6.45, 7) is 6.00. The van der Waals surface area contributed by atoms with Gasteiger partial charge in [0.05, 0.1) is 18.3 Å². The number of carbonyl (C=O) groups is 1. The monoisotopic (exact) mass is 341 g/mol. The summed E-state index contributed by atoms with van der Waals surface area (Å²) in [5, 5.41) is -0.256. The predicted octanol–water partition coefficient (Wildman–Crippen LogP) is 2.20.